The average molecular weight is 235 g/mol. The summed E-state index contributed by atoms with van der Waals surface area (Å²) in [4.78, 5) is 18.0. The van der Waals surface area contributed by atoms with E-state index in [1.165, 1.54) is 0 Å². The maximum Gasteiger partial charge on any atom is 0.272 e. The number of rotatable bonds is 3. The Morgan fingerprint density at radius 3 is 3.24 bits per heavy atom. The van der Waals surface area contributed by atoms with Crippen LogP contribution in [-0.4, -0.2) is 42.6 Å². The summed E-state index contributed by atoms with van der Waals surface area (Å²) in [6, 6.07) is 3.29. The molecule has 92 valence electrons. The molecule has 0 bridgehead atoms. The summed E-state index contributed by atoms with van der Waals surface area (Å²) in [6.07, 6.45) is 2.55. The summed E-state index contributed by atoms with van der Waals surface area (Å²) < 4.78 is 5.11. The molecule has 0 saturated carbocycles. The van der Waals surface area contributed by atoms with E-state index in [2.05, 4.69) is 4.98 Å². The summed E-state index contributed by atoms with van der Waals surface area (Å²) in [5.41, 5.74) is 6.62. The van der Waals surface area contributed by atoms with Crippen molar-refractivity contribution in [1.82, 2.24) is 9.88 Å². The van der Waals surface area contributed by atoms with Gasteiger partial charge in [-0.3, -0.25) is 9.78 Å². The molecule has 2 N–H and O–H groups in total. The van der Waals surface area contributed by atoms with Gasteiger partial charge in [0.2, 0.25) is 0 Å². The van der Waals surface area contributed by atoms with Gasteiger partial charge in [0.15, 0.2) is 0 Å². The molecule has 1 fully saturated rings. The third-order valence-electron chi connectivity index (χ3n) is 2.98. The zero-order valence-electron chi connectivity index (χ0n) is 9.93. The number of nitrogen functional groups attached to an aromatic ring is 1. The van der Waals surface area contributed by atoms with E-state index in [4.69, 9.17) is 10.5 Å². The lowest BCUT2D eigenvalue weighted by molar-refractivity contribution is 0.0770. The van der Waals surface area contributed by atoms with E-state index >= 15 is 0 Å². The molecule has 1 saturated heterocycles. The van der Waals surface area contributed by atoms with Gasteiger partial charge >= 0.3 is 0 Å². The first-order valence-corrected chi connectivity index (χ1v) is 5.70. The highest BCUT2D eigenvalue weighted by molar-refractivity contribution is 5.93. The van der Waals surface area contributed by atoms with Crippen LogP contribution in [-0.2, 0) is 4.74 Å². The highest BCUT2D eigenvalue weighted by atomic mass is 16.5. The molecule has 17 heavy (non-hydrogen) atoms. The Labute approximate surface area is 101 Å². The summed E-state index contributed by atoms with van der Waals surface area (Å²) in [5.74, 6) is 0.390. The fourth-order valence-corrected chi connectivity index (χ4v) is 2.11. The summed E-state index contributed by atoms with van der Waals surface area (Å²) in [6.45, 7) is 2.21. The normalized spacial score (nSPS) is 19.6. The van der Waals surface area contributed by atoms with Gasteiger partial charge in [0, 0.05) is 38.0 Å². The van der Waals surface area contributed by atoms with Gasteiger partial charge in [0.1, 0.15) is 5.69 Å². The molecular formula is C12H17N3O2. The second-order valence-electron chi connectivity index (χ2n) is 4.34. The molecule has 2 rings (SSSR count). The van der Waals surface area contributed by atoms with Crippen molar-refractivity contribution in [3.8, 4) is 0 Å². The van der Waals surface area contributed by atoms with Crippen LogP contribution in [0, 0.1) is 5.92 Å². The van der Waals surface area contributed by atoms with Crippen LogP contribution in [0.25, 0.3) is 0 Å². The molecule has 1 amide bonds. The second-order valence-corrected chi connectivity index (χ2v) is 4.34. The number of aromatic nitrogens is 1. The highest BCUT2D eigenvalue weighted by Gasteiger charge is 2.27. The molecule has 1 atom stereocenters. The molecule has 0 aliphatic carbocycles. The molecule has 1 aliphatic rings. The maximum absolute atomic E-state index is 12.1. The molecule has 0 radical (unpaired) electrons. The number of carbonyl (C=O) groups excluding carboxylic acids is 1. The number of hydrogen-bond donors (Lipinski definition) is 1. The Balaban J connectivity index is 2.02. The van der Waals surface area contributed by atoms with Crippen molar-refractivity contribution < 1.29 is 9.53 Å². The largest absolute Gasteiger partial charge is 0.399 e. The highest BCUT2D eigenvalue weighted by Crippen LogP contribution is 2.18. The van der Waals surface area contributed by atoms with Gasteiger partial charge in [-0.2, -0.15) is 0 Å². The number of ether oxygens (including phenoxy) is 1. The second kappa shape index (κ2) is 5.14. The molecule has 2 heterocycles. The van der Waals surface area contributed by atoms with Gasteiger partial charge in [-0.1, -0.05) is 0 Å². The quantitative estimate of drug-likeness (QED) is 0.840. The number of methoxy groups -OCH3 is 1. The van der Waals surface area contributed by atoms with Gasteiger partial charge in [-0.15, -0.1) is 0 Å². The first kappa shape index (κ1) is 11.9. The fourth-order valence-electron chi connectivity index (χ4n) is 2.11. The Morgan fingerprint density at radius 2 is 2.53 bits per heavy atom. The molecule has 5 nitrogen and oxygen atoms in total. The minimum Gasteiger partial charge on any atom is -0.399 e. The van der Waals surface area contributed by atoms with E-state index in [-0.39, 0.29) is 5.91 Å². The van der Waals surface area contributed by atoms with Crippen molar-refractivity contribution in [1.29, 1.82) is 0 Å². The van der Waals surface area contributed by atoms with E-state index in [1.807, 2.05) is 4.90 Å². The number of anilines is 1. The summed E-state index contributed by atoms with van der Waals surface area (Å²) >= 11 is 0. The molecule has 1 aliphatic heterocycles. The van der Waals surface area contributed by atoms with Crippen molar-refractivity contribution in [3.63, 3.8) is 0 Å². The summed E-state index contributed by atoms with van der Waals surface area (Å²) in [5, 5.41) is 0. The standard InChI is InChI=1S/C12H17N3O2/c1-17-8-9-3-5-15(7-9)12(16)11-6-10(13)2-4-14-11/h2,4,6,9H,3,5,7-8H2,1H3,(H2,13,14). The number of amides is 1. The average Bonchev–Trinajstić information content (AvgIpc) is 2.77. The van der Waals surface area contributed by atoms with Crippen LogP contribution in [0.1, 0.15) is 16.9 Å². The van der Waals surface area contributed by atoms with Crippen LogP contribution >= 0.6 is 0 Å². The number of nitrogens with two attached hydrogens (primary N) is 1. The molecule has 1 aromatic heterocycles. The topological polar surface area (TPSA) is 68.5 Å². The van der Waals surface area contributed by atoms with Crippen molar-refractivity contribution in [3.05, 3.63) is 24.0 Å². The van der Waals surface area contributed by atoms with Crippen molar-refractivity contribution in [2.75, 3.05) is 32.5 Å². The van der Waals surface area contributed by atoms with Gasteiger partial charge in [-0.05, 0) is 18.6 Å². The van der Waals surface area contributed by atoms with Crippen molar-refractivity contribution >= 4 is 11.6 Å². The van der Waals surface area contributed by atoms with E-state index in [0.717, 1.165) is 19.5 Å². The minimum atomic E-state index is -0.0455. The maximum atomic E-state index is 12.1. The molecule has 0 aromatic carbocycles. The predicted molar refractivity (Wildman–Crippen MR) is 64.5 cm³/mol. The number of pyridine rings is 1. The first-order chi connectivity index (χ1) is 8.20. The zero-order valence-corrected chi connectivity index (χ0v) is 9.93. The van der Waals surface area contributed by atoms with Crippen LogP contribution in [0.4, 0.5) is 5.69 Å². The fraction of sp³-hybridized carbons (Fsp3) is 0.500. The number of hydrogen-bond acceptors (Lipinski definition) is 4. The third kappa shape index (κ3) is 2.74. The molecule has 0 spiro atoms. The number of nitrogens with zero attached hydrogens (tertiary/aromatic N) is 2. The van der Waals surface area contributed by atoms with Crippen LogP contribution in [0.3, 0.4) is 0 Å². The molecule has 5 heteroatoms. The Morgan fingerprint density at radius 1 is 1.71 bits per heavy atom. The van der Waals surface area contributed by atoms with Crippen molar-refractivity contribution in [2.24, 2.45) is 5.92 Å². The molecular weight excluding hydrogens is 218 g/mol. The van der Waals surface area contributed by atoms with Gasteiger partial charge in [0.25, 0.3) is 5.91 Å². The Hall–Kier alpha value is -1.62. The van der Waals surface area contributed by atoms with Crippen LogP contribution in [0.5, 0.6) is 0 Å². The van der Waals surface area contributed by atoms with Crippen LogP contribution < -0.4 is 5.73 Å². The van der Waals surface area contributed by atoms with Gasteiger partial charge < -0.3 is 15.4 Å². The Kier molecular flexibility index (Phi) is 3.58. The van der Waals surface area contributed by atoms with Crippen molar-refractivity contribution in [2.45, 2.75) is 6.42 Å². The number of likely N-dealkylation sites (tertiary alicyclic amines) is 1. The zero-order chi connectivity index (χ0) is 12.3. The minimum absolute atomic E-state index is 0.0455. The monoisotopic (exact) mass is 235 g/mol. The van der Waals surface area contributed by atoms with Gasteiger partial charge in [0.05, 0.1) is 6.61 Å². The lowest BCUT2D eigenvalue weighted by Gasteiger charge is -2.15. The summed E-state index contributed by atoms with van der Waals surface area (Å²) in [7, 11) is 1.68. The smallest absolute Gasteiger partial charge is 0.272 e. The molecule has 1 unspecified atom stereocenters. The van der Waals surface area contributed by atoms with E-state index in [9.17, 15) is 4.79 Å². The third-order valence-corrected chi connectivity index (χ3v) is 2.98. The van der Waals surface area contributed by atoms with E-state index < -0.39 is 0 Å². The molecule has 1 aromatic rings. The van der Waals surface area contributed by atoms with E-state index in [1.54, 1.807) is 25.4 Å². The Bertz CT molecular complexity index is 408. The number of carbonyl (C=O) groups is 1. The predicted octanol–water partition coefficient (Wildman–Crippen LogP) is 0.772. The lowest BCUT2D eigenvalue weighted by atomic mass is 10.1. The first-order valence-electron chi connectivity index (χ1n) is 5.70. The SMILES string of the molecule is COCC1CCN(C(=O)c2cc(N)ccn2)C1. The van der Waals surface area contributed by atoms with Gasteiger partial charge in [-0.25, -0.2) is 0 Å². The van der Waals surface area contributed by atoms with Crippen LogP contribution in [0.2, 0.25) is 0 Å². The van der Waals surface area contributed by atoms with Crippen LogP contribution in [0.15, 0.2) is 18.3 Å². The lowest BCUT2D eigenvalue weighted by Crippen LogP contribution is -2.30. The van der Waals surface area contributed by atoms with E-state index in [0.29, 0.717) is 23.9 Å².